The van der Waals surface area contributed by atoms with Crippen molar-refractivity contribution in [2.45, 2.75) is 31.1 Å². The van der Waals surface area contributed by atoms with Crippen LogP contribution in [0.3, 0.4) is 0 Å². The molecule has 0 radical (unpaired) electrons. The molecule has 2 rings (SSSR count). The molecule has 7 heteroatoms. The Morgan fingerprint density at radius 1 is 1.47 bits per heavy atom. The van der Waals surface area contributed by atoms with Crippen molar-refractivity contribution in [3.63, 3.8) is 0 Å². The van der Waals surface area contributed by atoms with Crippen LogP contribution in [0.4, 0.5) is 5.69 Å². The highest BCUT2D eigenvalue weighted by Gasteiger charge is 2.26. The van der Waals surface area contributed by atoms with Gasteiger partial charge in [-0.15, -0.1) is 0 Å². The summed E-state index contributed by atoms with van der Waals surface area (Å²) in [4.78, 5) is 0. The SMILES string of the molecule is CC(CNC1CC1)S(=O)(=O)Nc1cccc(Cl)c1Br. The second-order valence-electron chi connectivity index (χ2n) is 4.74. The summed E-state index contributed by atoms with van der Waals surface area (Å²) in [5.41, 5.74) is 0.464. The fourth-order valence-corrected chi connectivity index (χ4v) is 3.23. The first-order chi connectivity index (χ1) is 8.90. The lowest BCUT2D eigenvalue weighted by atomic mass is 10.3. The van der Waals surface area contributed by atoms with Gasteiger partial charge in [-0.25, -0.2) is 8.42 Å². The van der Waals surface area contributed by atoms with Gasteiger partial charge in [0.05, 0.1) is 20.4 Å². The molecule has 1 fully saturated rings. The molecule has 106 valence electrons. The number of halogens is 2. The molecule has 19 heavy (non-hydrogen) atoms. The summed E-state index contributed by atoms with van der Waals surface area (Å²) in [7, 11) is -3.42. The Kier molecular flexibility index (Phi) is 4.76. The van der Waals surface area contributed by atoms with Crippen LogP contribution in [0.2, 0.25) is 5.02 Å². The largest absolute Gasteiger partial charge is 0.313 e. The van der Waals surface area contributed by atoms with Gasteiger partial charge in [0.25, 0.3) is 0 Å². The molecule has 0 bridgehead atoms. The van der Waals surface area contributed by atoms with Crippen molar-refractivity contribution >= 4 is 43.2 Å². The monoisotopic (exact) mass is 366 g/mol. The standard InChI is InChI=1S/C12H16BrClN2O2S/c1-8(7-15-9-5-6-9)19(17,18)16-11-4-2-3-10(14)12(11)13/h2-4,8-9,15-16H,5-7H2,1H3. The number of benzene rings is 1. The fourth-order valence-electron chi connectivity index (χ4n) is 1.57. The summed E-state index contributed by atoms with van der Waals surface area (Å²) < 4.78 is 27.5. The Bertz CT molecular complexity index is 561. The van der Waals surface area contributed by atoms with E-state index in [4.69, 9.17) is 11.6 Å². The van der Waals surface area contributed by atoms with E-state index < -0.39 is 15.3 Å². The maximum absolute atomic E-state index is 12.2. The molecule has 4 nitrogen and oxygen atoms in total. The molecule has 0 amide bonds. The smallest absolute Gasteiger partial charge is 0.236 e. The van der Waals surface area contributed by atoms with Gasteiger partial charge >= 0.3 is 0 Å². The molecule has 0 aromatic heterocycles. The number of hydrogen-bond donors (Lipinski definition) is 2. The zero-order chi connectivity index (χ0) is 14.0. The lowest BCUT2D eigenvalue weighted by Gasteiger charge is -2.16. The van der Waals surface area contributed by atoms with Crippen LogP contribution in [0, 0.1) is 0 Å². The maximum Gasteiger partial charge on any atom is 0.236 e. The number of nitrogens with one attached hydrogen (secondary N) is 2. The van der Waals surface area contributed by atoms with Gasteiger partial charge in [0, 0.05) is 12.6 Å². The highest BCUT2D eigenvalue weighted by molar-refractivity contribution is 9.10. The third-order valence-corrected chi connectivity index (χ3v) is 6.13. The molecule has 1 saturated carbocycles. The van der Waals surface area contributed by atoms with E-state index in [0.29, 0.717) is 27.8 Å². The topological polar surface area (TPSA) is 58.2 Å². The van der Waals surface area contributed by atoms with Gasteiger partial charge in [-0.05, 0) is 47.8 Å². The summed E-state index contributed by atoms with van der Waals surface area (Å²) >= 11 is 9.22. The molecule has 2 N–H and O–H groups in total. The Labute approximate surface area is 127 Å². The minimum absolute atomic E-state index is 0.457. The van der Waals surface area contributed by atoms with Crippen LogP contribution in [0.15, 0.2) is 22.7 Å². The summed E-state index contributed by atoms with van der Waals surface area (Å²) in [6.45, 7) is 2.15. The van der Waals surface area contributed by atoms with E-state index in [-0.39, 0.29) is 0 Å². The normalized spacial score (nSPS) is 17.2. The van der Waals surface area contributed by atoms with E-state index in [0.717, 1.165) is 12.8 Å². The second-order valence-corrected chi connectivity index (χ2v) is 8.04. The van der Waals surface area contributed by atoms with Crippen LogP contribution in [0.1, 0.15) is 19.8 Å². The lowest BCUT2D eigenvalue weighted by molar-refractivity contribution is 0.576. The van der Waals surface area contributed by atoms with Crippen molar-refractivity contribution in [1.82, 2.24) is 5.32 Å². The second kappa shape index (κ2) is 5.99. The molecule has 1 aromatic carbocycles. The molecular weight excluding hydrogens is 352 g/mol. The first-order valence-corrected chi connectivity index (χ1v) is 8.81. The predicted molar refractivity (Wildman–Crippen MR) is 82.2 cm³/mol. The number of rotatable bonds is 6. The van der Waals surface area contributed by atoms with E-state index >= 15 is 0 Å². The quantitative estimate of drug-likeness (QED) is 0.812. The Hall–Kier alpha value is -0.300. The molecule has 1 unspecified atom stereocenters. The van der Waals surface area contributed by atoms with Gasteiger partial charge in [-0.2, -0.15) is 0 Å². The van der Waals surface area contributed by atoms with E-state index in [2.05, 4.69) is 26.0 Å². The first-order valence-electron chi connectivity index (χ1n) is 6.09. The van der Waals surface area contributed by atoms with Gasteiger partial charge in [0.1, 0.15) is 0 Å². The van der Waals surface area contributed by atoms with E-state index in [9.17, 15) is 8.42 Å². The van der Waals surface area contributed by atoms with Gasteiger partial charge in [-0.3, -0.25) is 4.72 Å². The molecule has 0 spiro atoms. The van der Waals surface area contributed by atoms with E-state index in [1.807, 2.05) is 0 Å². The maximum atomic E-state index is 12.2. The van der Waals surface area contributed by atoms with E-state index in [1.165, 1.54) is 0 Å². The minimum Gasteiger partial charge on any atom is -0.313 e. The minimum atomic E-state index is -3.42. The third kappa shape index (κ3) is 4.08. The highest BCUT2D eigenvalue weighted by atomic mass is 79.9. The number of hydrogen-bond acceptors (Lipinski definition) is 3. The van der Waals surface area contributed by atoms with E-state index in [1.54, 1.807) is 25.1 Å². The molecule has 1 atom stereocenters. The van der Waals surface area contributed by atoms with Crippen molar-refractivity contribution in [3.8, 4) is 0 Å². The Morgan fingerprint density at radius 2 is 2.16 bits per heavy atom. The van der Waals surface area contributed by atoms with Crippen molar-refractivity contribution in [1.29, 1.82) is 0 Å². The van der Waals surface area contributed by atoms with Gasteiger partial charge < -0.3 is 5.32 Å². The van der Waals surface area contributed by atoms with Crippen LogP contribution in [-0.4, -0.2) is 26.3 Å². The van der Waals surface area contributed by atoms with Crippen molar-refractivity contribution in [2.24, 2.45) is 0 Å². The zero-order valence-electron chi connectivity index (χ0n) is 10.5. The predicted octanol–water partition coefficient (Wildman–Crippen LogP) is 2.98. The average molecular weight is 368 g/mol. The number of anilines is 1. The summed E-state index contributed by atoms with van der Waals surface area (Å²) in [6, 6.07) is 5.57. The van der Waals surface area contributed by atoms with Crippen LogP contribution in [0.5, 0.6) is 0 Å². The molecule has 0 saturated heterocycles. The van der Waals surface area contributed by atoms with Crippen molar-refractivity contribution < 1.29 is 8.42 Å². The zero-order valence-corrected chi connectivity index (χ0v) is 13.6. The summed E-state index contributed by atoms with van der Waals surface area (Å²) in [5.74, 6) is 0. The van der Waals surface area contributed by atoms with Gasteiger partial charge in [0.2, 0.25) is 10.0 Å². The average Bonchev–Trinajstić information content (AvgIpc) is 3.15. The molecule has 0 heterocycles. The third-order valence-electron chi connectivity index (χ3n) is 3.00. The van der Waals surface area contributed by atoms with Gasteiger partial charge in [-0.1, -0.05) is 17.7 Å². The number of sulfonamides is 1. The van der Waals surface area contributed by atoms with Crippen molar-refractivity contribution in [2.75, 3.05) is 11.3 Å². The van der Waals surface area contributed by atoms with Gasteiger partial charge in [0.15, 0.2) is 0 Å². The van der Waals surface area contributed by atoms with Crippen LogP contribution in [-0.2, 0) is 10.0 Å². The molecular formula is C12H16BrClN2O2S. The molecule has 0 aliphatic heterocycles. The first kappa shape index (κ1) is 15.1. The fraction of sp³-hybridized carbons (Fsp3) is 0.500. The molecule has 1 aliphatic rings. The summed E-state index contributed by atoms with van der Waals surface area (Å²) in [5, 5.41) is 3.19. The summed E-state index contributed by atoms with van der Waals surface area (Å²) in [6.07, 6.45) is 2.28. The Morgan fingerprint density at radius 3 is 2.79 bits per heavy atom. The Balaban J connectivity index is 2.04. The molecule has 1 aliphatic carbocycles. The lowest BCUT2D eigenvalue weighted by Crippen LogP contribution is -2.35. The highest BCUT2D eigenvalue weighted by Crippen LogP contribution is 2.31. The molecule has 1 aromatic rings. The van der Waals surface area contributed by atoms with Crippen molar-refractivity contribution in [3.05, 3.63) is 27.7 Å². The van der Waals surface area contributed by atoms with Crippen LogP contribution in [0.25, 0.3) is 0 Å². The van der Waals surface area contributed by atoms with Crippen LogP contribution < -0.4 is 10.0 Å². The van der Waals surface area contributed by atoms with Crippen LogP contribution >= 0.6 is 27.5 Å².